The van der Waals surface area contributed by atoms with Gasteiger partial charge >= 0.3 is 0 Å². The summed E-state index contributed by atoms with van der Waals surface area (Å²) in [5.74, 6) is 0.652. The third-order valence-corrected chi connectivity index (χ3v) is 3.39. The number of halogens is 1. The van der Waals surface area contributed by atoms with Gasteiger partial charge in [0.2, 0.25) is 11.8 Å². The van der Waals surface area contributed by atoms with Crippen LogP contribution in [0.3, 0.4) is 0 Å². The number of carbonyl (C=O) groups excluding carboxylic acids is 1. The minimum Gasteiger partial charge on any atom is -0.441 e. The monoisotopic (exact) mass is 317 g/mol. The van der Waals surface area contributed by atoms with Gasteiger partial charge in [-0.25, -0.2) is 4.98 Å². The number of rotatable bonds is 4. The summed E-state index contributed by atoms with van der Waals surface area (Å²) in [5, 5.41) is 12.1. The van der Waals surface area contributed by atoms with E-state index in [2.05, 4.69) is 10.3 Å². The highest BCUT2D eigenvalue weighted by molar-refractivity contribution is 6.33. The molecule has 0 bridgehead atoms. The molecule has 0 spiro atoms. The van der Waals surface area contributed by atoms with Crippen LogP contribution in [0, 0.1) is 18.3 Å². The van der Waals surface area contributed by atoms with Crippen LogP contribution in [0.25, 0.3) is 11.5 Å². The van der Waals surface area contributed by atoms with E-state index in [0.717, 1.165) is 0 Å². The van der Waals surface area contributed by atoms with Crippen LogP contribution in [0.5, 0.6) is 0 Å². The number of benzene rings is 1. The fourth-order valence-electron chi connectivity index (χ4n) is 1.91. The number of nitrogens with one attached hydrogen (secondary N) is 1. The second-order valence-electron chi connectivity index (χ2n) is 5.46. The van der Waals surface area contributed by atoms with Gasteiger partial charge in [-0.2, -0.15) is 5.26 Å². The Morgan fingerprint density at radius 3 is 2.77 bits per heavy atom. The zero-order valence-electron chi connectivity index (χ0n) is 12.6. The lowest BCUT2D eigenvalue weighted by Crippen LogP contribution is -2.42. The predicted molar refractivity (Wildman–Crippen MR) is 83.2 cm³/mol. The zero-order chi connectivity index (χ0) is 16.3. The Morgan fingerprint density at radius 2 is 2.14 bits per heavy atom. The van der Waals surface area contributed by atoms with Crippen molar-refractivity contribution < 1.29 is 9.21 Å². The van der Waals surface area contributed by atoms with E-state index in [1.165, 1.54) is 0 Å². The Hall–Kier alpha value is -2.32. The van der Waals surface area contributed by atoms with Crippen molar-refractivity contribution in [3.8, 4) is 17.5 Å². The maximum atomic E-state index is 12.0. The van der Waals surface area contributed by atoms with Gasteiger partial charge < -0.3 is 9.73 Å². The van der Waals surface area contributed by atoms with Crippen molar-refractivity contribution in [3.63, 3.8) is 0 Å². The predicted octanol–water partition coefficient (Wildman–Crippen LogP) is 3.26. The maximum Gasteiger partial charge on any atom is 0.228 e. The molecule has 0 fully saturated rings. The highest BCUT2D eigenvalue weighted by Gasteiger charge is 2.22. The molecule has 0 atom stereocenters. The quantitative estimate of drug-likeness (QED) is 0.938. The van der Waals surface area contributed by atoms with Gasteiger partial charge in [0, 0.05) is 0 Å². The zero-order valence-corrected chi connectivity index (χ0v) is 13.4. The first kappa shape index (κ1) is 16.1. The number of amides is 1. The molecule has 0 saturated carbocycles. The van der Waals surface area contributed by atoms with Crippen molar-refractivity contribution >= 4 is 17.5 Å². The molecule has 2 aromatic rings. The Kier molecular flexibility index (Phi) is 4.53. The molecular formula is C16H16ClN3O2. The number of nitriles is 1. The summed E-state index contributed by atoms with van der Waals surface area (Å²) < 4.78 is 5.60. The Balaban J connectivity index is 2.20. The van der Waals surface area contributed by atoms with Gasteiger partial charge in [-0.1, -0.05) is 23.7 Å². The van der Waals surface area contributed by atoms with E-state index in [4.69, 9.17) is 21.3 Å². The molecule has 0 aliphatic rings. The topological polar surface area (TPSA) is 78.9 Å². The summed E-state index contributed by atoms with van der Waals surface area (Å²) in [7, 11) is 0. The number of aromatic nitrogens is 1. The van der Waals surface area contributed by atoms with Crippen LogP contribution in [0.4, 0.5) is 0 Å². The van der Waals surface area contributed by atoms with Gasteiger partial charge in [-0.3, -0.25) is 4.79 Å². The lowest BCUT2D eigenvalue weighted by molar-refractivity contribution is -0.121. The van der Waals surface area contributed by atoms with Gasteiger partial charge in [0.05, 0.1) is 28.8 Å². The summed E-state index contributed by atoms with van der Waals surface area (Å²) in [4.78, 5) is 16.3. The molecule has 2 rings (SSSR count). The van der Waals surface area contributed by atoms with E-state index in [1.807, 2.05) is 18.2 Å². The maximum absolute atomic E-state index is 12.0. The molecule has 6 heteroatoms. The molecule has 0 aliphatic heterocycles. The summed E-state index contributed by atoms with van der Waals surface area (Å²) >= 11 is 6.12. The third kappa shape index (κ3) is 3.66. The largest absolute Gasteiger partial charge is 0.441 e. The summed E-state index contributed by atoms with van der Waals surface area (Å²) in [6, 6.07) is 9.22. The van der Waals surface area contributed by atoms with E-state index >= 15 is 0 Å². The van der Waals surface area contributed by atoms with Crippen LogP contribution >= 0.6 is 11.6 Å². The van der Waals surface area contributed by atoms with Gasteiger partial charge in [-0.15, -0.1) is 0 Å². The Morgan fingerprint density at radius 1 is 1.45 bits per heavy atom. The second-order valence-corrected chi connectivity index (χ2v) is 5.87. The molecule has 5 nitrogen and oxygen atoms in total. The number of hydrogen-bond acceptors (Lipinski definition) is 4. The molecule has 0 saturated heterocycles. The minimum atomic E-state index is -0.916. The van der Waals surface area contributed by atoms with Gasteiger partial charge in [0.25, 0.3) is 0 Å². The Bertz CT molecular complexity index is 744. The molecule has 1 aromatic heterocycles. The van der Waals surface area contributed by atoms with Crippen molar-refractivity contribution in [3.05, 3.63) is 40.7 Å². The van der Waals surface area contributed by atoms with E-state index in [0.29, 0.717) is 27.9 Å². The number of oxazole rings is 1. The SMILES string of the molecule is Cc1oc(-c2ccccc2Cl)nc1CC(=O)NC(C)(C)C#N. The van der Waals surface area contributed by atoms with Gasteiger partial charge in [0.15, 0.2) is 0 Å². The number of aryl methyl sites for hydroxylation is 1. The van der Waals surface area contributed by atoms with E-state index in [-0.39, 0.29) is 12.3 Å². The molecule has 0 unspecified atom stereocenters. The van der Waals surface area contributed by atoms with Crippen molar-refractivity contribution in [1.29, 1.82) is 5.26 Å². The number of hydrogen-bond donors (Lipinski definition) is 1. The third-order valence-electron chi connectivity index (χ3n) is 3.06. The van der Waals surface area contributed by atoms with Crippen LogP contribution < -0.4 is 5.32 Å². The van der Waals surface area contributed by atoms with Crippen LogP contribution in [-0.2, 0) is 11.2 Å². The molecule has 0 radical (unpaired) electrons. The highest BCUT2D eigenvalue weighted by Crippen LogP contribution is 2.28. The number of carbonyl (C=O) groups is 1. The lowest BCUT2D eigenvalue weighted by atomic mass is 10.1. The van der Waals surface area contributed by atoms with Crippen molar-refractivity contribution in [2.75, 3.05) is 0 Å². The average molecular weight is 318 g/mol. The lowest BCUT2D eigenvalue weighted by Gasteiger charge is -2.16. The van der Waals surface area contributed by atoms with Crippen molar-refractivity contribution in [2.24, 2.45) is 0 Å². The van der Waals surface area contributed by atoms with Crippen molar-refractivity contribution in [2.45, 2.75) is 32.7 Å². The second kappa shape index (κ2) is 6.20. The number of nitrogens with zero attached hydrogens (tertiary/aromatic N) is 2. The first-order valence-electron chi connectivity index (χ1n) is 6.76. The fraction of sp³-hybridized carbons (Fsp3) is 0.312. The molecule has 0 aliphatic carbocycles. The van der Waals surface area contributed by atoms with E-state index < -0.39 is 5.54 Å². The molecule has 1 N–H and O–H groups in total. The molecular weight excluding hydrogens is 302 g/mol. The molecule has 22 heavy (non-hydrogen) atoms. The van der Waals surface area contributed by atoms with Crippen LogP contribution in [0.15, 0.2) is 28.7 Å². The van der Waals surface area contributed by atoms with E-state index in [9.17, 15) is 4.79 Å². The minimum absolute atomic E-state index is 0.0465. The summed E-state index contributed by atoms with van der Waals surface area (Å²) in [5.41, 5.74) is 0.290. The molecule has 1 aromatic carbocycles. The van der Waals surface area contributed by atoms with E-state index in [1.54, 1.807) is 32.9 Å². The first-order chi connectivity index (χ1) is 10.3. The molecule has 114 valence electrons. The molecule has 1 amide bonds. The summed E-state index contributed by atoms with van der Waals surface area (Å²) in [6.45, 7) is 5.01. The van der Waals surface area contributed by atoms with Crippen LogP contribution in [0.2, 0.25) is 5.02 Å². The van der Waals surface area contributed by atoms with Gasteiger partial charge in [0.1, 0.15) is 11.3 Å². The molecule has 1 heterocycles. The van der Waals surface area contributed by atoms with Crippen LogP contribution in [0.1, 0.15) is 25.3 Å². The smallest absolute Gasteiger partial charge is 0.228 e. The Labute approximate surface area is 133 Å². The average Bonchev–Trinajstić information content (AvgIpc) is 2.79. The summed E-state index contributed by atoms with van der Waals surface area (Å²) in [6.07, 6.45) is 0.0465. The first-order valence-corrected chi connectivity index (χ1v) is 7.13. The van der Waals surface area contributed by atoms with Crippen LogP contribution in [-0.4, -0.2) is 16.4 Å². The normalized spacial score (nSPS) is 11.0. The van der Waals surface area contributed by atoms with Crippen molar-refractivity contribution in [1.82, 2.24) is 10.3 Å². The standard InChI is InChI=1S/C16H16ClN3O2/c1-10-13(8-14(21)20-16(2,3)9-18)19-15(22-10)11-6-4-5-7-12(11)17/h4-7H,8H2,1-3H3,(H,20,21). The van der Waals surface area contributed by atoms with Gasteiger partial charge in [-0.05, 0) is 32.9 Å². The highest BCUT2D eigenvalue weighted by atomic mass is 35.5. The fourth-order valence-corrected chi connectivity index (χ4v) is 2.13.